The number of pyridine rings is 1. The number of nitrogens with one attached hydrogen (secondary N) is 1. The third kappa shape index (κ3) is 3.82. The Morgan fingerprint density at radius 2 is 2.08 bits per heavy atom. The molecular weight excluding hydrogens is 306 g/mol. The molecule has 0 radical (unpaired) electrons. The van der Waals surface area contributed by atoms with E-state index in [9.17, 15) is 9.59 Å². The van der Waals surface area contributed by atoms with Crippen molar-refractivity contribution in [2.75, 3.05) is 13.1 Å². The molecule has 1 aliphatic rings. The summed E-state index contributed by atoms with van der Waals surface area (Å²) in [6.07, 6.45) is 6.48. The number of amides is 2. The second-order valence-electron chi connectivity index (χ2n) is 6.06. The molecule has 1 aliphatic heterocycles. The summed E-state index contributed by atoms with van der Waals surface area (Å²) in [7, 11) is 0. The lowest BCUT2D eigenvalue weighted by atomic mass is 9.96. The molecule has 6 nitrogen and oxygen atoms in total. The van der Waals surface area contributed by atoms with Crippen molar-refractivity contribution in [3.63, 3.8) is 0 Å². The highest BCUT2D eigenvalue weighted by atomic mass is 16.3. The van der Waals surface area contributed by atoms with Gasteiger partial charge >= 0.3 is 0 Å². The average molecular weight is 327 g/mol. The zero-order chi connectivity index (χ0) is 16.9. The van der Waals surface area contributed by atoms with Gasteiger partial charge in [-0.25, -0.2) is 0 Å². The van der Waals surface area contributed by atoms with Crippen LogP contribution >= 0.6 is 0 Å². The lowest BCUT2D eigenvalue weighted by Gasteiger charge is -2.30. The first-order chi connectivity index (χ1) is 11.6. The van der Waals surface area contributed by atoms with E-state index in [2.05, 4.69) is 10.3 Å². The molecule has 1 N–H and O–H groups in total. The predicted molar refractivity (Wildman–Crippen MR) is 88.8 cm³/mol. The second kappa shape index (κ2) is 7.29. The Morgan fingerprint density at radius 3 is 2.67 bits per heavy atom. The van der Waals surface area contributed by atoms with Crippen LogP contribution < -0.4 is 5.32 Å². The van der Waals surface area contributed by atoms with Gasteiger partial charge in [-0.1, -0.05) is 6.07 Å². The molecule has 1 fully saturated rings. The van der Waals surface area contributed by atoms with Crippen LogP contribution in [-0.2, 0) is 16.1 Å². The Morgan fingerprint density at radius 1 is 1.29 bits per heavy atom. The maximum atomic E-state index is 12.3. The molecule has 0 saturated carbocycles. The molecule has 0 aliphatic carbocycles. The maximum absolute atomic E-state index is 12.3. The number of carbonyl (C=O) groups is 2. The third-order valence-electron chi connectivity index (χ3n) is 4.42. The average Bonchev–Trinajstić information content (AvgIpc) is 3.15. The summed E-state index contributed by atoms with van der Waals surface area (Å²) in [5.74, 6) is 0.119. The Kier molecular flexibility index (Phi) is 4.93. The zero-order valence-corrected chi connectivity index (χ0v) is 13.7. The molecule has 3 rings (SSSR count). The van der Waals surface area contributed by atoms with Gasteiger partial charge in [0.15, 0.2) is 0 Å². The number of piperidine rings is 1. The topological polar surface area (TPSA) is 75.4 Å². The monoisotopic (exact) mass is 327 g/mol. The summed E-state index contributed by atoms with van der Waals surface area (Å²) in [5.41, 5.74) is 2.73. The standard InChI is InChI=1S/C18H21N3O3/c1-13(22)21-7-4-15(5-8-21)18(23)20-11-14-2-3-17(19-10-14)16-6-9-24-12-16/h2-3,6,9-10,12,15H,4-5,7-8,11H2,1H3,(H,20,23). The van der Waals surface area contributed by atoms with Gasteiger partial charge < -0.3 is 14.6 Å². The summed E-state index contributed by atoms with van der Waals surface area (Å²) in [4.78, 5) is 29.7. The number of carbonyl (C=O) groups excluding carboxylic acids is 2. The Labute approximate surface area is 140 Å². The molecule has 2 amide bonds. The van der Waals surface area contributed by atoms with E-state index in [0.717, 1.165) is 29.7 Å². The summed E-state index contributed by atoms with van der Waals surface area (Å²) >= 11 is 0. The zero-order valence-electron chi connectivity index (χ0n) is 13.7. The van der Waals surface area contributed by atoms with Crippen molar-refractivity contribution in [2.24, 2.45) is 5.92 Å². The van der Waals surface area contributed by atoms with Crippen molar-refractivity contribution < 1.29 is 14.0 Å². The number of hydrogen-bond donors (Lipinski definition) is 1. The highest BCUT2D eigenvalue weighted by Gasteiger charge is 2.25. The lowest BCUT2D eigenvalue weighted by Crippen LogP contribution is -2.42. The molecule has 126 valence electrons. The number of nitrogens with zero attached hydrogens (tertiary/aromatic N) is 2. The fraction of sp³-hybridized carbons (Fsp3) is 0.389. The van der Waals surface area contributed by atoms with Gasteiger partial charge in [-0.05, 0) is 30.5 Å². The smallest absolute Gasteiger partial charge is 0.223 e. The molecule has 2 aromatic heterocycles. The van der Waals surface area contributed by atoms with E-state index in [1.165, 1.54) is 0 Å². The highest BCUT2D eigenvalue weighted by Crippen LogP contribution is 2.19. The molecule has 2 aromatic rings. The summed E-state index contributed by atoms with van der Waals surface area (Å²) < 4.78 is 5.05. The largest absolute Gasteiger partial charge is 0.472 e. The van der Waals surface area contributed by atoms with E-state index in [0.29, 0.717) is 19.6 Å². The van der Waals surface area contributed by atoms with Gasteiger partial charge in [-0.15, -0.1) is 0 Å². The second-order valence-corrected chi connectivity index (χ2v) is 6.06. The van der Waals surface area contributed by atoms with Crippen LogP contribution in [0.1, 0.15) is 25.3 Å². The minimum Gasteiger partial charge on any atom is -0.472 e. The van der Waals surface area contributed by atoms with Gasteiger partial charge in [0.05, 0.1) is 18.2 Å². The fourth-order valence-corrected chi connectivity index (χ4v) is 2.90. The highest BCUT2D eigenvalue weighted by molar-refractivity contribution is 5.79. The SMILES string of the molecule is CC(=O)N1CCC(C(=O)NCc2ccc(-c3ccoc3)nc2)CC1. The first kappa shape index (κ1) is 16.2. The molecular formula is C18H21N3O3. The van der Waals surface area contributed by atoms with Crippen molar-refractivity contribution in [1.29, 1.82) is 0 Å². The number of likely N-dealkylation sites (tertiary alicyclic amines) is 1. The van der Waals surface area contributed by atoms with E-state index in [-0.39, 0.29) is 17.7 Å². The van der Waals surface area contributed by atoms with Crippen molar-refractivity contribution >= 4 is 11.8 Å². The van der Waals surface area contributed by atoms with Crippen LogP contribution in [0.5, 0.6) is 0 Å². The molecule has 3 heterocycles. The van der Waals surface area contributed by atoms with E-state index >= 15 is 0 Å². The van der Waals surface area contributed by atoms with E-state index in [4.69, 9.17) is 4.42 Å². The summed E-state index contributed by atoms with van der Waals surface area (Å²) in [6, 6.07) is 5.73. The summed E-state index contributed by atoms with van der Waals surface area (Å²) in [5, 5.41) is 2.97. The molecule has 1 saturated heterocycles. The number of rotatable bonds is 4. The van der Waals surface area contributed by atoms with E-state index < -0.39 is 0 Å². The molecule has 0 aromatic carbocycles. The number of aromatic nitrogens is 1. The molecule has 0 bridgehead atoms. The van der Waals surface area contributed by atoms with E-state index in [1.54, 1.807) is 30.5 Å². The van der Waals surface area contributed by atoms with Crippen LogP contribution in [0, 0.1) is 5.92 Å². The minimum absolute atomic E-state index is 0.0150. The van der Waals surface area contributed by atoms with Crippen molar-refractivity contribution in [1.82, 2.24) is 15.2 Å². The third-order valence-corrected chi connectivity index (χ3v) is 4.42. The Balaban J connectivity index is 1.49. The lowest BCUT2D eigenvalue weighted by molar-refractivity contribution is -0.134. The van der Waals surface area contributed by atoms with Crippen molar-refractivity contribution in [2.45, 2.75) is 26.3 Å². The van der Waals surface area contributed by atoms with E-state index in [1.807, 2.05) is 18.2 Å². The molecule has 0 unspecified atom stereocenters. The predicted octanol–water partition coefficient (Wildman–Crippen LogP) is 2.22. The van der Waals surface area contributed by atoms with Crippen LogP contribution in [-0.4, -0.2) is 34.8 Å². The van der Waals surface area contributed by atoms with Crippen molar-refractivity contribution in [3.8, 4) is 11.3 Å². The minimum atomic E-state index is -0.0150. The van der Waals surface area contributed by atoms with Crippen LogP contribution in [0.3, 0.4) is 0 Å². The van der Waals surface area contributed by atoms with Crippen LogP contribution in [0.4, 0.5) is 0 Å². The number of furan rings is 1. The Bertz CT molecular complexity index is 687. The van der Waals surface area contributed by atoms with Gasteiger partial charge in [-0.3, -0.25) is 14.6 Å². The molecule has 6 heteroatoms. The van der Waals surface area contributed by atoms with Crippen LogP contribution in [0.2, 0.25) is 0 Å². The van der Waals surface area contributed by atoms with Gasteiger partial charge in [0.2, 0.25) is 11.8 Å². The first-order valence-corrected chi connectivity index (χ1v) is 8.14. The quantitative estimate of drug-likeness (QED) is 0.934. The first-order valence-electron chi connectivity index (χ1n) is 8.14. The Hall–Kier alpha value is -2.63. The van der Waals surface area contributed by atoms with Gasteiger partial charge in [0.25, 0.3) is 0 Å². The van der Waals surface area contributed by atoms with Gasteiger partial charge in [0, 0.05) is 44.2 Å². The molecule has 24 heavy (non-hydrogen) atoms. The summed E-state index contributed by atoms with van der Waals surface area (Å²) in [6.45, 7) is 3.35. The van der Waals surface area contributed by atoms with Crippen LogP contribution in [0.25, 0.3) is 11.3 Å². The van der Waals surface area contributed by atoms with Crippen LogP contribution in [0.15, 0.2) is 41.3 Å². The van der Waals surface area contributed by atoms with Crippen molar-refractivity contribution in [3.05, 3.63) is 42.5 Å². The van der Waals surface area contributed by atoms with Gasteiger partial charge in [-0.2, -0.15) is 0 Å². The molecule has 0 atom stereocenters. The number of hydrogen-bond acceptors (Lipinski definition) is 4. The maximum Gasteiger partial charge on any atom is 0.223 e. The molecule has 0 spiro atoms. The fourth-order valence-electron chi connectivity index (χ4n) is 2.90. The van der Waals surface area contributed by atoms with Gasteiger partial charge in [0.1, 0.15) is 0 Å². The normalized spacial score (nSPS) is 15.3.